The number of ether oxygens (including phenoxy) is 2. The van der Waals surface area contributed by atoms with Gasteiger partial charge in [0.1, 0.15) is 0 Å². The van der Waals surface area contributed by atoms with Gasteiger partial charge in [-0.25, -0.2) is 0 Å². The molecule has 160 valence electrons. The third-order valence-corrected chi connectivity index (χ3v) is 6.14. The highest BCUT2D eigenvalue weighted by Gasteiger charge is 2.27. The molecule has 1 aliphatic carbocycles. The Bertz CT molecular complexity index is 1150. The van der Waals surface area contributed by atoms with Crippen LogP contribution >= 0.6 is 0 Å². The van der Waals surface area contributed by atoms with Crippen LogP contribution in [-0.4, -0.2) is 27.6 Å². The van der Waals surface area contributed by atoms with Crippen molar-refractivity contribution in [1.29, 1.82) is 0 Å². The second kappa shape index (κ2) is 8.41. The topological polar surface area (TPSA) is 84.5 Å². The van der Waals surface area contributed by atoms with Crippen LogP contribution < -0.4 is 15.0 Å². The molecule has 5 rings (SSSR count). The lowest BCUT2D eigenvalue weighted by Crippen LogP contribution is -2.37. The Kier molecular flexibility index (Phi) is 5.32. The van der Waals surface area contributed by atoms with Gasteiger partial charge in [0.25, 0.3) is 5.56 Å². The molecule has 3 aromatic rings. The van der Waals surface area contributed by atoms with Gasteiger partial charge in [-0.2, -0.15) is 0 Å². The first-order valence-corrected chi connectivity index (χ1v) is 10.8. The fraction of sp³-hybridized carbons (Fsp3) is 0.375. The predicted octanol–water partition coefficient (Wildman–Crippen LogP) is 3.76. The zero-order valence-corrected chi connectivity index (χ0v) is 17.3. The summed E-state index contributed by atoms with van der Waals surface area (Å²) in [6.45, 7) is 0.864. The Morgan fingerprint density at radius 1 is 1.10 bits per heavy atom. The number of hydrogen-bond donors (Lipinski definition) is 1. The number of aromatic nitrogens is 2. The van der Waals surface area contributed by atoms with Crippen molar-refractivity contribution in [3.05, 3.63) is 64.2 Å². The van der Waals surface area contributed by atoms with Crippen molar-refractivity contribution in [2.45, 2.75) is 45.2 Å². The minimum atomic E-state index is -0.195. The number of amides is 1. The lowest BCUT2D eigenvalue weighted by Gasteiger charge is -2.29. The van der Waals surface area contributed by atoms with E-state index >= 15 is 0 Å². The number of pyridine rings is 2. The number of H-pyrrole nitrogens is 1. The Morgan fingerprint density at radius 2 is 1.90 bits per heavy atom. The van der Waals surface area contributed by atoms with Crippen molar-refractivity contribution in [3.8, 4) is 11.5 Å². The lowest BCUT2D eigenvalue weighted by atomic mass is 9.88. The van der Waals surface area contributed by atoms with E-state index in [-0.39, 0.29) is 30.7 Å². The number of hydrogen-bond acceptors (Lipinski definition) is 5. The van der Waals surface area contributed by atoms with Crippen molar-refractivity contribution in [1.82, 2.24) is 14.9 Å². The van der Waals surface area contributed by atoms with Crippen LogP contribution in [0.2, 0.25) is 0 Å². The molecule has 2 aliphatic rings. The van der Waals surface area contributed by atoms with Crippen molar-refractivity contribution >= 4 is 16.8 Å². The van der Waals surface area contributed by atoms with E-state index in [0.29, 0.717) is 29.1 Å². The molecule has 0 unspecified atom stereocenters. The first-order chi connectivity index (χ1) is 15.2. The van der Waals surface area contributed by atoms with Gasteiger partial charge in [-0.05, 0) is 36.6 Å². The van der Waals surface area contributed by atoms with Crippen molar-refractivity contribution < 1.29 is 14.3 Å². The molecule has 0 saturated heterocycles. The quantitative estimate of drug-likeness (QED) is 0.681. The standard InChI is InChI=1S/C24H25N3O4/c28-23-19(9-18-10-21-22(31-15-30-21)11-20(18)26-23)14-27(13-16-5-4-8-25-12-16)24(29)17-6-2-1-3-7-17/h4-5,8-12,17H,1-3,6-7,13-15H2,(H,26,28). The molecule has 1 aromatic carbocycles. The van der Waals surface area contributed by atoms with Gasteiger partial charge in [0, 0.05) is 41.9 Å². The summed E-state index contributed by atoms with van der Waals surface area (Å²) >= 11 is 0. The van der Waals surface area contributed by atoms with Crippen molar-refractivity contribution in [2.75, 3.05) is 6.79 Å². The van der Waals surface area contributed by atoms with Crippen LogP contribution in [0.3, 0.4) is 0 Å². The molecule has 31 heavy (non-hydrogen) atoms. The normalized spacial score (nSPS) is 15.9. The van der Waals surface area contributed by atoms with E-state index < -0.39 is 0 Å². The second-order valence-corrected chi connectivity index (χ2v) is 8.31. The summed E-state index contributed by atoms with van der Waals surface area (Å²) in [4.78, 5) is 35.1. The van der Waals surface area contributed by atoms with Crippen LogP contribution in [0.5, 0.6) is 11.5 Å². The molecule has 0 bridgehead atoms. The summed E-state index contributed by atoms with van der Waals surface area (Å²) in [6, 6.07) is 9.32. The maximum Gasteiger partial charge on any atom is 0.253 e. The number of carbonyl (C=O) groups excluding carboxylic acids is 1. The number of nitrogens with zero attached hydrogens (tertiary/aromatic N) is 2. The Labute approximate surface area is 180 Å². The predicted molar refractivity (Wildman–Crippen MR) is 116 cm³/mol. The number of carbonyl (C=O) groups is 1. The van der Waals surface area contributed by atoms with E-state index in [0.717, 1.165) is 36.6 Å². The second-order valence-electron chi connectivity index (χ2n) is 8.31. The van der Waals surface area contributed by atoms with Gasteiger partial charge < -0.3 is 19.4 Å². The fourth-order valence-electron chi connectivity index (χ4n) is 4.50. The number of benzene rings is 1. The molecular formula is C24H25N3O4. The summed E-state index contributed by atoms with van der Waals surface area (Å²) < 4.78 is 10.9. The average Bonchev–Trinajstić information content (AvgIpc) is 3.25. The van der Waals surface area contributed by atoms with Crippen molar-refractivity contribution in [3.63, 3.8) is 0 Å². The van der Waals surface area contributed by atoms with Crippen LogP contribution in [0, 0.1) is 5.92 Å². The van der Waals surface area contributed by atoms with Crippen LogP contribution in [-0.2, 0) is 17.9 Å². The van der Waals surface area contributed by atoms with Gasteiger partial charge in [0.15, 0.2) is 11.5 Å². The van der Waals surface area contributed by atoms with Crippen LogP contribution in [0.4, 0.5) is 0 Å². The highest BCUT2D eigenvalue weighted by Crippen LogP contribution is 2.35. The minimum Gasteiger partial charge on any atom is -0.454 e. The summed E-state index contributed by atoms with van der Waals surface area (Å²) in [5, 5.41) is 0.852. The van der Waals surface area contributed by atoms with Crippen LogP contribution in [0.15, 0.2) is 47.5 Å². The first-order valence-electron chi connectivity index (χ1n) is 10.8. The Hall–Kier alpha value is -3.35. The minimum absolute atomic E-state index is 0.0266. The summed E-state index contributed by atoms with van der Waals surface area (Å²) in [7, 11) is 0. The molecule has 3 heterocycles. The summed E-state index contributed by atoms with van der Waals surface area (Å²) in [6.07, 6.45) is 8.68. The number of fused-ring (bicyclic) bond motifs is 2. The molecular weight excluding hydrogens is 394 g/mol. The maximum atomic E-state index is 13.4. The molecule has 7 nitrogen and oxygen atoms in total. The van der Waals surface area contributed by atoms with Crippen molar-refractivity contribution in [2.24, 2.45) is 5.92 Å². The Morgan fingerprint density at radius 3 is 2.68 bits per heavy atom. The Balaban J connectivity index is 1.46. The van der Waals surface area contributed by atoms with E-state index in [4.69, 9.17) is 9.47 Å². The van der Waals surface area contributed by atoms with Gasteiger partial charge in [-0.1, -0.05) is 25.3 Å². The maximum absolute atomic E-state index is 13.4. The van der Waals surface area contributed by atoms with Crippen LogP contribution in [0.25, 0.3) is 10.9 Å². The summed E-state index contributed by atoms with van der Waals surface area (Å²) in [5.41, 5.74) is 2.00. The van der Waals surface area contributed by atoms with E-state index in [2.05, 4.69) is 9.97 Å². The molecule has 0 atom stereocenters. The molecule has 1 N–H and O–H groups in total. The number of rotatable bonds is 5. The SMILES string of the molecule is O=C(C1CCCCC1)N(Cc1cccnc1)Cc1cc2cc3c(cc2[nH]c1=O)OCO3. The van der Waals surface area contributed by atoms with Gasteiger partial charge in [-0.3, -0.25) is 14.6 Å². The molecule has 0 spiro atoms. The molecule has 1 fully saturated rings. The molecule has 0 radical (unpaired) electrons. The lowest BCUT2D eigenvalue weighted by molar-refractivity contribution is -0.137. The third kappa shape index (κ3) is 4.13. The van der Waals surface area contributed by atoms with E-state index in [9.17, 15) is 9.59 Å². The third-order valence-electron chi connectivity index (χ3n) is 6.14. The number of aromatic amines is 1. The number of nitrogens with one attached hydrogen (secondary N) is 1. The van der Waals surface area contributed by atoms with Crippen LogP contribution in [0.1, 0.15) is 43.2 Å². The van der Waals surface area contributed by atoms with E-state index in [1.165, 1.54) is 6.42 Å². The summed E-state index contributed by atoms with van der Waals surface area (Å²) in [5.74, 6) is 1.44. The highest BCUT2D eigenvalue weighted by atomic mass is 16.7. The molecule has 1 aliphatic heterocycles. The zero-order chi connectivity index (χ0) is 21.2. The fourth-order valence-corrected chi connectivity index (χ4v) is 4.50. The smallest absolute Gasteiger partial charge is 0.253 e. The highest BCUT2D eigenvalue weighted by molar-refractivity contribution is 5.83. The van der Waals surface area contributed by atoms with Gasteiger partial charge in [-0.15, -0.1) is 0 Å². The monoisotopic (exact) mass is 419 g/mol. The van der Waals surface area contributed by atoms with E-state index in [1.807, 2.05) is 24.3 Å². The average molecular weight is 419 g/mol. The zero-order valence-electron chi connectivity index (χ0n) is 17.3. The molecule has 1 saturated carbocycles. The van der Waals surface area contributed by atoms with E-state index in [1.54, 1.807) is 23.4 Å². The van der Waals surface area contributed by atoms with Gasteiger partial charge in [0.2, 0.25) is 12.7 Å². The molecule has 1 amide bonds. The molecule has 7 heteroatoms. The molecule has 2 aromatic heterocycles. The van der Waals surface area contributed by atoms with Gasteiger partial charge >= 0.3 is 0 Å². The van der Waals surface area contributed by atoms with Gasteiger partial charge in [0.05, 0.1) is 12.1 Å². The largest absolute Gasteiger partial charge is 0.454 e. The first kappa shape index (κ1) is 19.6.